The van der Waals surface area contributed by atoms with Crippen LogP contribution in [0, 0.1) is 6.92 Å². The zero-order valence-corrected chi connectivity index (χ0v) is 14.6. The lowest BCUT2D eigenvalue weighted by Crippen LogP contribution is -2.34. The molecule has 1 amide bonds. The van der Waals surface area contributed by atoms with Crippen LogP contribution in [0.25, 0.3) is 0 Å². The van der Waals surface area contributed by atoms with Gasteiger partial charge in [-0.25, -0.2) is 0 Å². The van der Waals surface area contributed by atoms with Gasteiger partial charge in [0.25, 0.3) is 5.91 Å². The summed E-state index contributed by atoms with van der Waals surface area (Å²) in [5, 5.41) is 13.7. The van der Waals surface area contributed by atoms with Gasteiger partial charge in [-0.15, -0.1) is 12.4 Å². The monoisotopic (exact) mass is 346 g/mol. The van der Waals surface area contributed by atoms with Crippen LogP contribution < -0.4 is 10.6 Å². The summed E-state index contributed by atoms with van der Waals surface area (Å²) in [6.45, 7) is 4.49. The van der Waals surface area contributed by atoms with Gasteiger partial charge in [0.1, 0.15) is 0 Å². The summed E-state index contributed by atoms with van der Waals surface area (Å²) in [5.74, 6) is -0.0638. The molecule has 0 atom stereocenters. The molecule has 0 unspecified atom stereocenters. The van der Waals surface area contributed by atoms with Crippen molar-refractivity contribution in [1.29, 1.82) is 0 Å². The number of carbonyl (C=O) groups is 1. The van der Waals surface area contributed by atoms with Gasteiger partial charge in [-0.05, 0) is 30.9 Å². The van der Waals surface area contributed by atoms with Crippen molar-refractivity contribution in [2.24, 2.45) is 0 Å². The first-order chi connectivity index (χ1) is 11.2. The Morgan fingerprint density at radius 3 is 2.88 bits per heavy atom. The van der Waals surface area contributed by atoms with Gasteiger partial charge in [-0.1, -0.05) is 24.3 Å². The number of hydrogen-bond donors (Lipinski definition) is 3. The molecule has 6 heteroatoms. The second-order valence-corrected chi connectivity index (χ2v) is 6.73. The van der Waals surface area contributed by atoms with Crippen LogP contribution in [-0.4, -0.2) is 29.2 Å². The molecule has 0 bridgehead atoms. The summed E-state index contributed by atoms with van der Waals surface area (Å²) < 4.78 is 0. The molecule has 2 aliphatic rings. The number of amides is 1. The third-order valence-electron chi connectivity index (χ3n) is 5.18. The Morgan fingerprint density at radius 2 is 2.12 bits per heavy atom. The van der Waals surface area contributed by atoms with E-state index in [1.165, 1.54) is 11.1 Å². The largest absolute Gasteiger partial charge is 0.350 e. The highest BCUT2D eigenvalue weighted by Crippen LogP contribution is 2.48. The Balaban J connectivity index is 0.00000169. The molecule has 0 saturated heterocycles. The first-order valence-electron chi connectivity index (χ1n) is 8.31. The maximum atomic E-state index is 12.5. The van der Waals surface area contributed by atoms with Gasteiger partial charge in [0, 0.05) is 42.7 Å². The van der Waals surface area contributed by atoms with E-state index in [1.807, 2.05) is 0 Å². The minimum Gasteiger partial charge on any atom is -0.350 e. The second-order valence-electron chi connectivity index (χ2n) is 6.73. The fourth-order valence-electron chi connectivity index (χ4n) is 3.61. The lowest BCUT2D eigenvalue weighted by atomic mass is 9.92. The molecular weight excluding hydrogens is 324 g/mol. The van der Waals surface area contributed by atoms with Gasteiger partial charge in [-0.3, -0.25) is 9.89 Å². The van der Waals surface area contributed by atoms with Gasteiger partial charge in [0.2, 0.25) is 0 Å². The summed E-state index contributed by atoms with van der Waals surface area (Å²) in [5.41, 5.74) is 5.46. The SMILES string of the molecule is Cc1ccccc1C1(CNC(=O)c2n[nH]c3c2CNCC3)CC1.Cl. The number of aromatic nitrogens is 2. The predicted octanol–water partition coefficient (Wildman–Crippen LogP) is 2.25. The summed E-state index contributed by atoms with van der Waals surface area (Å²) in [7, 11) is 0. The zero-order chi connectivity index (χ0) is 15.9. The third-order valence-corrected chi connectivity index (χ3v) is 5.18. The van der Waals surface area contributed by atoms with Crippen molar-refractivity contribution in [1.82, 2.24) is 20.8 Å². The molecule has 2 aromatic rings. The van der Waals surface area contributed by atoms with Crippen molar-refractivity contribution in [3.8, 4) is 0 Å². The van der Waals surface area contributed by atoms with Gasteiger partial charge < -0.3 is 10.6 Å². The van der Waals surface area contributed by atoms with Crippen molar-refractivity contribution >= 4 is 18.3 Å². The molecule has 1 aromatic heterocycles. The Labute approximate surface area is 148 Å². The molecule has 0 spiro atoms. The number of aryl methyl sites for hydroxylation is 1. The van der Waals surface area contributed by atoms with Gasteiger partial charge in [-0.2, -0.15) is 5.10 Å². The van der Waals surface area contributed by atoms with Crippen LogP contribution in [0.2, 0.25) is 0 Å². The predicted molar refractivity (Wildman–Crippen MR) is 95.7 cm³/mol. The Kier molecular flexibility index (Phi) is 4.65. The molecule has 0 radical (unpaired) electrons. The molecular formula is C18H23ClN4O. The third kappa shape index (κ3) is 2.94. The minimum atomic E-state index is -0.0638. The first kappa shape index (κ1) is 17.0. The van der Waals surface area contributed by atoms with Gasteiger partial charge in [0.05, 0.1) is 0 Å². The second kappa shape index (κ2) is 6.57. The number of hydrogen-bond acceptors (Lipinski definition) is 3. The molecule has 1 fully saturated rings. The van der Waals surface area contributed by atoms with Crippen molar-refractivity contribution in [2.75, 3.05) is 13.1 Å². The van der Waals surface area contributed by atoms with Gasteiger partial charge in [0.15, 0.2) is 5.69 Å². The van der Waals surface area contributed by atoms with E-state index in [0.29, 0.717) is 12.2 Å². The highest BCUT2D eigenvalue weighted by Gasteiger charge is 2.45. The summed E-state index contributed by atoms with van der Waals surface area (Å²) in [6.07, 6.45) is 3.18. The molecule has 2 heterocycles. The molecule has 4 rings (SSSR count). The Morgan fingerprint density at radius 1 is 1.33 bits per heavy atom. The maximum Gasteiger partial charge on any atom is 0.272 e. The van der Waals surface area contributed by atoms with Crippen LogP contribution in [-0.2, 0) is 18.4 Å². The highest BCUT2D eigenvalue weighted by atomic mass is 35.5. The number of nitrogens with zero attached hydrogens (tertiary/aromatic N) is 1. The minimum absolute atomic E-state index is 0. The number of rotatable bonds is 4. The van der Waals surface area contributed by atoms with Crippen LogP contribution in [0.3, 0.4) is 0 Å². The fraction of sp³-hybridized carbons (Fsp3) is 0.444. The number of aromatic amines is 1. The molecule has 1 aliphatic carbocycles. The van der Waals surface area contributed by atoms with E-state index in [-0.39, 0.29) is 23.7 Å². The van der Waals surface area contributed by atoms with E-state index in [2.05, 4.69) is 52.0 Å². The Bertz CT molecular complexity index is 751. The normalized spacial score (nSPS) is 17.5. The Hall–Kier alpha value is -1.85. The van der Waals surface area contributed by atoms with Crippen LogP contribution in [0.4, 0.5) is 0 Å². The van der Waals surface area contributed by atoms with Crippen LogP contribution >= 0.6 is 12.4 Å². The lowest BCUT2D eigenvalue weighted by Gasteiger charge is -2.19. The van der Waals surface area contributed by atoms with Crippen molar-refractivity contribution in [3.63, 3.8) is 0 Å². The smallest absolute Gasteiger partial charge is 0.272 e. The molecule has 24 heavy (non-hydrogen) atoms. The molecule has 1 aromatic carbocycles. The number of benzene rings is 1. The highest BCUT2D eigenvalue weighted by molar-refractivity contribution is 5.94. The van der Waals surface area contributed by atoms with Crippen LogP contribution in [0.1, 0.15) is 45.7 Å². The topological polar surface area (TPSA) is 69.8 Å². The number of H-pyrrole nitrogens is 1. The first-order valence-corrected chi connectivity index (χ1v) is 8.31. The van der Waals surface area contributed by atoms with Crippen molar-refractivity contribution < 1.29 is 4.79 Å². The van der Waals surface area contributed by atoms with Crippen LogP contribution in [0.5, 0.6) is 0 Å². The van der Waals surface area contributed by atoms with Crippen LogP contribution in [0.15, 0.2) is 24.3 Å². The van der Waals surface area contributed by atoms with Gasteiger partial charge >= 0.3 is 0 Å². The number of halogens is 1. The number of nitrogens with one attached hydrogen (secondary N) is 3. The molecule has 3 N–H and O–H groups in total. The fourth-order valence-corrected chi connectivity index (χ4v) is 3.61. The van der Waals surface area contributed by atoms with E-state index in [9.17, 15) is 4.79 Å². The quantitative estimate of drug-likeness (QED) is 0.795. The van der Waals surface area contributed by atoms with E-state index in [0.717, 1.165) is 43.6 Å². The molecule has 128 valence electrons. The average molecular weight is 347 g/mol. The summed E-state index contributed by atoms with van der Waals surface area (Å²) in [6, 6.07) is 8.48. The van der Waals surface area contributed by atoms with Crippen molar-refractivity contribution in [3.05, 3.63) is 52.3 Å². The van der Waals surface area contributed by atoms with E-state index < -0.39 is 0 Å². The summed E-state index contributed by atoms with van der Waals surface area (Å²) >= 11 is 0. The average Bonchev–Trinajstić information content (AvgIpc) is 3.24. The van der Waals surface area contributed by atoms with E-state index in [1.54, 1.807) is 0 Å². The standard InChI is InChI=1S/C18H22N4O.ClH/c1-12-4-2-3-5-14(12)18(7-8-18)11-20-17(23)16-13-10-19-9-6-15(13)21-22-16;/h2-5,19H,6-11H2,1H3,(H,20,23)(H,21,22);1H. The molecule has 5 nitrogen and oxygen atoms in total. The molecule has 1 saturated carbocycles. The van der Waals surface area contributed by atoms with E-state index >= 15 is 0 Å². The number of fused-ring (bicyclic) bond motifs is 1. The number of carbonyl (C=O) groups excluding carboxylic acids is 1. The lowest BCUT2D eigenvalue weighted by molar-refractivity contribution is 0.0943. The van der Waals surface area contributed by atoms with Crippen molar-refractivity contribution in [2.45, 2.75) is 38.1 Å². The molecule has 1 aliphatic heterocycles. The maximum absolute atomic E-state index is 12.5. The summed E-state index contributed by atoms with van der Waals surface area (Å²) in [4.78, 5) is 12.5. The zero-order valence-electron chi connectivity index (χ0n) is 13.8. The van der Waals surface area contributed by atoms with E-state index in [4.69, 9.17) is 0 Å².